The van der Waals surface area contributed by atoms with E-state index in [4.69, 9.17) is 5.26 Å². The average Bonchev–Trinajstić information content (AvgIpc) is 2.47. The predicted octanol–water partition coefficient (Wildman–Crippen LogP) is 1.83. The van der Waals surface area contributed by atoms with Gasteiger partial charge in [-0.3, -0.25) is 4.79 Å². The smallest absolute Gasteiger partial charge is 0.326 e. The van der Waals surface area contributed by atoms with Crippen LogP contribution in [0.15, 0.2) is 24.3 Å². The monoisotopic (exact) mass is 272 g/mol. The van der Waals surface area contributed by atoms with E-state index in [0.29, 0.717) is 18.5 Å². The van der Waals surface area contributed by atoms with Gasteiger partial charge >= 0.3 is 5.97 Å². The summed E-state index contributed by atoms with van der Waals surface area (Å²) in [6.45, 7) is 0.471. The molecular weight excluding hydrogens is 256 g/mol. The van der Waals surface area contributed by atoms with Crippen molar-refractivity contribution in [3.05, 3.63) is 35.4 Å². The molecule has 0 spiro atoms. The number of carboxylic acids is 1. The number of hydrogen-bond acceptors (Lipinski definition) is 3. The quantitative estimate of drug-likeness (QED) is 0.910. The van der Waals surface area contributed by atoms with E-state index in [9.17, 15) is 14.7 Å². The zero-order chi connectivity index (χ0) is 14.5. The van der Waals surface area contributed by atoms with Crippen molar-refractivity contribution in [1.82, 2.24) is 4.90 Å². The summed E-state index contributed by atoms with van der Waals surface area (Å²) in [4.78, 5) is 25.1. The second kappa shape index (κ2) is 6.20. The summed E-state index contributed by atoms with van der Waals surface area (Å²) in [5, 5.41) is 17.9. The van der Waals surface area contributed by atoms with Crippen LogP contribution in [0.1, 0.15) is 35.2 Å². The van der Waals surface area contributed by atoms with Crippen LogP contribution in [0.4, 0.5) is 0 Å². The molecule has 1 atom stereocenters. The average molecular weight is 272 g/mol. The van der Waals surface area contributed by atoms with E-state index in [0.717, 1.165) is 18.4 Å². The highest BCUT2D eigenvalue weighted by molar-refractivity contribution is 5.96. The number of likely N-dealkylation sites (tertiary alicyclic amines) is 1. The van der Waals surface area contributed by atoms with Crippen LogP contribution in [0.3, 0.4) is 0 Å². The lowest BCUT2D eigenvalue weighted by Crippen LogP contribution is -2.48. The third kappa shape index (κ3) is 2.97. The van der Waals surface area contributed by atoms with Gasteiger partial charge in [-0.05, 0) is 37.0 Å². The fourth-order valence-corrected chi connectivity index (χ4v) is 2.50. The minimum Gasteiger partial charge on any atom is -0.480 e. The second-order valence-corrected chi connectivity index (χ2v) is 4.88. The predicted molar refractivity (Wildman–Crippen MR) is 72.1 cm³/mol. The molecule has 1 saturated heterocycles. The number of hydrogen-bond donors (Lipinski definition) is 1. The summed E-state index contributed by atoms with van der Waals surface area (Å²) in [5.74, 6) is -1.22. The zero-order valence-electron chi connectivity index (χ0n) is 11.1. The Labute approximate surface area is 117 Å². The van der Waals surface area contributed by atoms with Gasteiger partial charge in [-0.1, -0.05) is 12.1 Å². The fourth-order valence-electron chi connectivity index (χ4n) is 2.50. The maximum absolute atomic E-state index is 12.5. The second-order valence-electron chi connectivity index (χ2n) is 4.88. The van der Waals surface area contributed by atoms with Crippen LogP contribution in [0.2, 0.25) is 0 Å². The van der Waals surface area contributed by atoms with Crippen LogP contribution in [0.25, 0.3) is 0 Å². The van der Waals surface area contributed by atoms with E-state index in [1.54, 1.807) is 24.3 Å². The highest BCUT2D eigenvalue weighted by atomic mass is 16.4. The molecule has 1 heterocycles. The van der Waals surface area contributed by atoms with E-state index in [-0.39, 0.29) is 12.3 Å². The molecular formula is C15H16N2O3. The molecule has 0 aromatic heterocycles. The number of piperidine rings is 1. The number of nitrogens with zero attached hydrogens (tertiary/aromatic N) is 2. The summed E-state index contributed by atoms with van der Waals surface area (Å²) in [6, 6.07) is 8.13. The van der Waals surface area contributed by atoms with Crippen LogP contribution < -0.4 is 0 Å². The minimum absolute atomic E-state index is 0.240. The summed E-state index contributed by atoms with van der Waals surface area (Å²) in [7, 11) is 0. The van der Waals surface area contributed by atoms with Crippen LogP contribution in [-0.2, 0) is 11.2 Å². The number of benzene rings is 1. The molecule has 5 nitrogen and oxygen atoms in total. The van der Waals surface area contributed by atoms with Gasteiger partial charge in [0.25, 0.3) is 5.91 Å². The van der Waals surface area contributed by atoms with Gasteiger partial charge in [0.05, 0.1) is 12.5 Å². The van der Waals surface area contributed by atoms with Gasteiger partial charge < -0.3 is 10.0 Å². The van der Waals surface area contributed by atoms with E-state index in [2.05, 4.69) is 0 Å². The van der Waals surface area contributed by atoms with Crippen molar-refractivity contribution in [3.63, 3.8) is 0 Å². The summed E-state index contributed by atoms with van der Waals surface area (Å²) >= 11 is 0. The Bertz CT molecular complexity index is 562. The molecule has 1 N–H and O–H groups in total. The summed E-state index contributed by atoms with van der Waals surface area (Å²) in [5.41, 5.74) is 1.22. The number of aliphatic carboxylic acids is 1. The molecule has 0 saturated carbocycles. The maximum atomic E-state index is 12.5. The Hall–Kier alpha value is -2.35. The lowest BCUT2D eigenvalue weighted by Gasteiger charge is -2.33. The minimum atomic E-state index is -0.953. The van der Waals surface area contributed by atoms with Gasteiger partial charge in [-0.2, -0.15) is 5.26 Å². The number of carbonyl (C=O) groups is 2. The molecule has 0 bridgehead atoms. The lowest BCUT2D eigenvalue weighted by molar-refractivity contribution is -0.143. The van der Waals surface area contributed by atoms with Crippen molar-refractivity contribution >= 4 is 11.9 Å². The molecule has 0 radical (unpaired) electrons. The topological polar surface area (TPSA) is 81.4 Å². The van der Waals surface area contributed by atoms with Gasteiger partial charge in [-0.15, -0.1) is 0 Å². The van der Waals surface area contributed by atoms with Crippen molar-refractivity contribution < 1.29 is 14.7 Å². The Morgan fingerprint density at radius 3 is 2.90 bits per heavy atom. The SMILES string of the molecule is N#CCc1cccc(C(=O)N2CCCC[C@@H]2C(=O)O)c1. The number of rotatable bonds is 3. The van der Waals surface area contributed by atoms with Crippen LogP contribution in [0, 0.1) is 11.3 Å². The standard InChI is InChI=1S/C15H16N2O3/c16-8-7-11-4-3-5-12(10-11)14(18)17-9-2-1-6-13(17)15(19)20/h3-5,10,13H,1-2,6-7,9H2,(H,19,20)/t13-/m1/s1. The first kappa shape index (κ1) is 14.1. The van der Waals surface area contributed by atoms with Crippen molar-refractivity contribution in [2.45, 2.75) is 31.7 Å². The lowest BCUT2D eigenvalue weighted by atomic mass is 10.00. The van der Waals surface area contributed by atoms with Crippen molar-refractivity contribution in [1.29, 1.82) is 5.26 Å². The third-order valence-corrected chi connectivity index (χ3v) is 3.51. The molecule has 104 valence electrons. The molecule has 1 aliphatic heterocycles. The van der Waals surface area contributed by atoms with Crippen LogP contribution in [-0.4, -0.2) is 34.5 Å². The Balaban J connectivity index is 2.23. The van der Waals surface area contributed by atoms with E-state index >= 15 is 0 Å². The molecule has 1 amide bonds. The highest BCUT2D eigenvalue weighted by Gasteiger charge is 2.32. The molecule has 0 unspecified atom stereocenters. The van der Waals surface area contributed by atoms with Gasteiger partial charge in [0.1, 0.15) is 6.04 Å². The maximum Gasteiger partial charge on any atom is 0.326 e. The van der Waals surface area contributed by atoms with Gasteiger partial charge in [0.2, 0.25) is 0 Å². The molecule has 1 fully saturated rings. The number of carboxylic acid groups (broad SMARTS) is 1. The number of amides is 1. The van der Waals surface area contributed by atoms with E-state index < -0.39 is 12.0 Å². The van der Waals surface area contributed by atoms with Gasteiger partial charge in [-0.25, -0.2) is 4.79 Å². The third-order valence-electron chi connectivity index (χ3n) is 3.51. The first-order chi connectivity index (χ1) is 9.63. The van der Waals surface area contributed by atoms with Crippen molar-refractivity contribution in [2.24, 2.45) is 0 Å². The first-order valence-corrected chi connectivity index (χ1v) is 6.63. The normalized spacial score (nSPS) is 18.4. The summed E-state index contributed by atoms with van der Waals surface area (Å²) in [6.07, 6.45) is 2.39. The van der Waals surface area contributed by atoms with E-state index in [1.165, 1.54) is 4.90 Å². The Morgan fingerprint density at radius 1 is 1.40 bits per heavy atom. The largest absolute Gasteiger partial charge is 0.480 e. The van der Waals surface area contributed by atoms with Gasteiger partial charge in [0.15, 0.2) is 0 Å². The van der Waals surface area contributed by atoms with E-state index in [1.807, 2.05) is 6.07 Å². The van der Waals surface area contributed by atoms with Crippen LogP contribution >= 0.6 is 0 Å². The highest BCUT2D eigenvalue weighted by Crippen LogP contribution is 2.20. The zero-order valence-corrected chi connectivity index (χ0v) is 11.1. The number of nitriles is 1. The van der Waals surface area contributed by atoms with Crippen molar-refractivity contribution in [3.8, 4) is 6.07 Å². The molecule has 2 rings (SSSR count). The number of carbonyl (C=O) groups excluding carboxylic acids is 1. The van der Waals surface area contributed by atoms with Crippen LogP contribution in [0.5, 0.6) is 0 Å². The fraction of sp³-hybridized carbons (Fsp3) is 0.400. The molecule has 5 heteroatoms. The molecule has 20 heavy (non-hydrogen) atoms. The molecule has 1 aromatic carbocycles. The first-order valence-electron chi connectivity index (χ1n) is 6.63. The molecule has 1 aromatic rings. The molecule has 1 aliphatic rings. The van der Waals surface area contributed by atoms with Gasteiger partial charge in [0, 0.05) is 12.1 Å². The Morgan fingerprint density at radius 2 is 2.20 bits per heavy atom. The summed E-state index contributed by atoms with van der Waals surface area (Å²) < 4.78 is 0. The Kier molecular flexibility index (Phi) is 4.36. The van der Waals surface area contributed by atoms with Crippen molar-refractivity contribution in [2.75, 3.05) is 6.54 Å². The molecule has 0 aliphatic carbocycles.